The van der Waals surface area contributed by atoms with E-state index in [0.717, 1.165) is 11.6 Å². The van der Waals surface area contributed by atoms with E-state index in [2.05, 4.69) is 43.2 Å². The predicted molar refractivity (Wildman–Crippen MR) is 87.3 cm³/mol. The highest BCUT2D eigenvalue weighted by Crippen LogP contribution is 2.36. The minimum atomic E-state index is 0.502. The highest BCUT2D eigenvalue weighted by atomic mass is 35.5. The van der Waals surface area contributed by atoms with Crippen LogP contribution in [0.4, 0.5) is 0 Å². The summed E-state index contributed by atoms with van der Waals surface area (Å²) in [5.74, 6) is 0.672. The summed E-state index contributed by atoms with van der Waals surface area (Å²) in [7, 11) is 2.06. The molecule has 0 spiro atoms. The van der Waals surface area contributed by atoms with Crippen LogP contribution in [0.1, 0.15) is 44.7 Å². The van der Waals surface area contributed by atoms with Crippen molar-refractivity contribution in [3.8, 4) is 0 Å². The molecule has 0 amide bonds. The Balaban J connectivity index is 2.33. The number of likely N-dealkylation sites (tertiary alicyclic amines) is 1. The molecule has 1 saturated heterocycles. The number of hydrogen-bond acceptors (Lipinski definition) is 2. The standard InChI is InChI=1S/C17H27ClN2/c1-13(2)20-11-5-4-6-15(12-19-3)17(20)14-7-9-16(18)10-8-14/h7-10,13,15,17,19H,4-6,11-12H2,1-3H3. The lowest BCUT2D eigenvalue weighted by Crippen LogP contribution is -2.40. The van der Waals surface area contributed by atoms with E-state index in [4.69, 9.17) is 11.6 Å². The van der Waals surface area contributed by atoms with E-state index in [9.17, 15) is 0 Å². The molecule has 1 aliphatic rings. The maximum absolute atomic E-state index is 6.05. The largest absolute Gasteiger partial charge is 0.319 e. The lowest BCUT2D eigenvalue weighted by atomic mass is 9.88. The van der Waals surface area contributed by atoms with Gasteiger partial charge in [-0.25, -0.2) is 0 Å². The average Bonchev–Trinajstić information content (AvgIpc) is 2.63. The van der Waals surface area contributed by atoms with E-state index in [1.165, 1.54) is 31.4 Å². The molecular weight excluding hydrogens is 268 g/mol. The second kappa shape index (κ2) is 7.44. The molecule has 1 aliphatic heterocycles. The Morgan fingerprint density at radius 3 is 2.55 bits per heavy atom. The van der Waals surface area contributed by atoms with Crippen molar-refractivity contribution in [2.24, 2.45) is 5.92 Å². The first kappa shape index (κ1) is 15.8. The van der Waals surface area contributed by atoms with Crippen molar-refractivity contribution in [3.05, 3.63) is 34.9 Å². The molecule has 112 valence electrons. The highest BCUT2D eigenvalue weighted by molar-refractivity contribution is 6.30. The first-order valence-electron chi connectivity index (χ1n) is 7.79. The number of rotatable bonds is 4. The third-order valence-electron chi connectivity index (χ3n) is 4.39. The number of nitrogens with zero attached hydrogens (tertiary/aromatic N) is 1. The second-order valence-corrected chi connectivity index (χ2v) is 6.58. The van der Waals surface area contributed by atoms with E-state index >= 15 is 0 Å². The fourth-order valence-corrected chi connectivity index (χ4v) is 3.57. The fraction of sp³-hybridized carbons (Fsp3) is 0.647. The van der Waals surface area contributed by atoms with Crippen LogP contribution >= 0.6 is 11.6 Å². The van der Waals surface area contributed by atoms with Gasteiger partial charge in [-0.05, 0) is 70.4 Å². The smallest absolute Gasteiger partial charge is 0.0406 e. The van der Waals surface area contributed by atoms with Gasteiger partial charge in [0.1, 0.15) is 0 Å². The number of halogens is 1. The normalized spacial score (nSPS) is 24.9. The molecule has 0 aliphatic carbocycles. The molecule has 20 heavy (non-hydrogen) atoms. The molecule has 1 heterocycles. The summed E-state index contributed by atoms with van der Waals surface area (Å²) in [6.07, 6.45) is 3.94. The van der Waals surface area contributed by atoms with Crippen LogP contribution in [0.3, 0.4) is 0 Å². The maximum Gasteiger partial charge on any atom is 0.0406 e. The topological polar surface area (TPSA) is 15.3 Å². The number of benzene rings is 1. The van der Waals surface area contributed by atoms with Crippen LogP contribution in [-0.4, -0.2) is 31.1 Å². The Bertz CT molecular complexity index is 402. The van der Waals surface area contributed by atoms with Gasteiger partial charge >= 0.3 is 0 Å². The summed E-state index contributed by atoms with van der Waals surface area (Å²) in [5.41, 5.74) is 1.41. The van der Waals surface area contributed by atoms with Crippen LogP contribution in [0.2, 0.25) is 5.02 Å². The number of nitrogens with one attached hydrogen (secondary N) is 1. The SMILES string of the molecule is CNCC1CCCCN(C(C)C)C1c1ccc(Cl)cc1. The minimum absolute atomic E-state index is 0.502. The zero-order valence-corrected chi connectivity index (χ0v) is 13.7. The number of hydrogen-bond donors (Lipinski definition) is 1. The average molecular weight is 295 g/mol. The van der Waals surface area contributed by atoms with E-state index in [0.29, 0.717) is 18.0 Å². The molecule has 1 N–H and O–H groups in total. The third kappa shape index (κ3) is 3.75. The van der Waals surface area contributed by atoms with Gasteiger partial charge in [-0.2, -0.15) is 0 Å². The monoisotopic (exact) mass is 294 g/mol. The van der Waals surface area contributed by atoms with E-state index in [1.54, 1.807) is 0 Å². The summed E-state index contributed by atoms with van der Waals surface area (Å²) in [5, 5.41) is 4.21. The van der Waals surface area contributed by atoms with Crippen molar-refractivity contribution < 1.29 is 0 Å². The van der Waals surface area contributed by atoms with Crippen molar-refractivity contribution >= 4 is 11.6 Å². The predicted octanol–water partition coefficient (Wildman–Crippen LogP) is 4.11. The van der Waals surface area contributed by atoms with Crippen LogP contribution in [0.25, 0.3) is 0 Å². The molecule has 2 atom stereocenters. The Morgan fingerprint density at radius 1 is 1.25 bits per heavy atom. The van der Waals surface area contributed by atoms with Gasteiger partial charge in [0.05, 0.1) is 0 Å². The zero-order chi connectivity index (χ0) is 14.5. The quantitative estimate of drug-likeness (QED) is 0.899. The molecule has 2 unspecified atom stereocenters. The van der Waals surface area contributed by atoms with Crippen LogP contribution < -0.4 is 5.32 Å². The minimum Gasteiger partial charge on any atom is -0.319 e. The van der Waals surface area contributed by atoms with Crippen molar-refractivity contribution in [1.82, 2.24) is 10.2 Å². The molecule has 0 radical (unpaired) electrons. The van der Waals surface area contributed by atoms with Gasteiger partial charge in [0.15, 0.2) is 0 Å². The summed E-state index contributed by atoms with van der Waals surface area (Å²) in [4.78, 5) is 2.66. The lowest BCUT2D eigenvalue weighted by molar-refractivity contribution is 0.118. The Morgan fingerprint density at radius 2 is 1.95 bits per heavy atom. The van der Waals surface area contributed by atoms with Gasteiger partial charge in [-0.1, -0.05) is 30.2 Å². The van der Waals surface area contributed by atoms with Gasteiger partial charge in [0, 0.05) is 17.1 Å². The van der Waals surface area contributed by atoms with Crippen LogP contribution in [0.5, 0.6) is 0 Å². The summed E-state index contributed by atoms with van der Waals surface area (Å²) < 4.78 is 0. The molecular formula is C17H27ClN2. The Hall–Kier alpha value is -0.570. The Kier molecular flexibility index (Phi) is 5.88. The van der Waals surface area contributed by atoms with E-state index in [-0.39, 0.29) is 0 Å². The first-order valence-corrected chi connectivity index (χ1v) is 8.17. The van der Waals surface area contributed by atoms with Gasteiger partial charge < -0.3 is 5.32 Å². The van der Waals surface area contributed by atoms with Crippen LogP contribution in [-0.2, 0) is 0 Å². The second-order valence-electron chi connectivity index (χ2n) is 6.14. The molecule has 0 aromatic heterocycles. The van der Waals surface area contributed by atoms with Crippen molar-refractivity contribution in [2.75, 3.05) is 20.1 Å². The van der Waals surface area contributed by atoms with Crippen molar-refractivity contribution in [2.45, 2.75) is 45.2 Å². The molecule has 0 saturated carbocycles. The first-order chi connectivity index (χ1) is 9.63. The van der Waals surface area contributed by atoms with Crippen molar-refractivity contribution in [3.63, 3.8) is 0 Å². The summed E-state index contributed by atoms with van der Waals surface area (Å²) in [6, 6.07) is 9.54. The maximum atomic E-state index is 6.05. The van der Waals surface area contributed by atoms with E-state index in [1.807, 2.05) is 12.1 Å². The van der Waals surface area contributed by atoms with Gasteiger partial charge in [0.25, 0.3) is 0 Å². The van der Waals surface area contributed by atoms with Gasteiger partial charge in [-0.3, -0.25) is 4.90 Å². The molecule has 2 rings (SSSR count). The van der Waals surface area contributed by atoms with E-state index < -0.39 is 0 Å². The fourth-order valence-electron chi connectivity index (χ4n) is 3.45. The zero-order valence-electron chi connectivity index (χ0n) is 12.9. The van der Waals surface area contributed by atoms with Crippen LogP contribution in [0.15, 0.2) is 24.3 Å². The van der Waals surface area contributed by atoms with Gasteiger partial charge in [0.2, 0.25) is 0 Å². The molecule has 1 aromatic carbocycles. The molecule has 2 nitrogen and oxygen atoms in total. The third-order valence-corrected chi connectivity index (χ3v) is 4.64. The Labute approximate surface area is 128 Å². The molecule has 0 bridgehead atoms. The summed E-state index contributed by atoms with van der Waals surface area (Å²) >= 11 is 6.05. The van der Waals surface area contributed by atoms with Crippen LogP contribution in [0, 0.1) is 5.92 Å². The van der Waals surface area contributed by atoms with Crippen molar-refractivity contribution in [1.29, 1.82) is 0 Å². The van der Waals surface area contributed by atoms with Gasteiger partial charge in [-0.15, -0.1) is 0 Å². The lowest BCUT2D eigenvalue weighted by Gasteiger charge is -2.38. The molecule has 1 aromatic rings. The summed E-state index contributed by atoms with van der Waals surface area (Å²) in [6.45, 7) is 6.90. The molecule has 3 heteroatoms. The molecule has 1 fully saturated rings. The highest BCUT2D eigenvalue weighted by Gasteiger charge is 2.31.